The van der Waals surface area contributed by atoms with Crippen molar-refractivity contribution in [3.8, 4) is 5.82 Å². The van der Waals surface area contributed by atoms with E-state index in [1.54, 1.807) is 6.92 Å². The van der Waals surface area contributed by atoms with Gasteiger partial charge < -0.3 is 10.1 Å². The van der Waals surface area contributed by atoms with E-state index in [4.69, 9.17) is 4.74 Å². The highest BCUT2D eigenvalue weighted by atomic mass is 19.4. The quantitative estimate of drug-likeness (QED) is 0.572. The highest BCUT2D eigenvalue weighted by Crippen LogP contribution is 2.29. The van der Waals surface area contributed by atoms with Crippen molar-refractivity contribution < 1.29 is 27.5 Å². The lowest BCUT2D eigenvalue weighted by Crippen LogP contribution is -2.22. The number of carbonyl (C=O) groups is 2. The number of carbonyl (C=O) groups excluding carboxylic acids is 2. The molecule has 0 atom stereocenters. The first-order valence-corrected chi connectivity index (χ1v) is 9.75. The number of nitrogens with zero attached hydrogens (tertiary/aromatic N) is 3. The van der Waals surface area contributed by atoms with Gasteiger partial charge in [0.25, 0.3) is 5.91 Å². The SMILES string of the molecule is CCc1cccc(C)c1NC(=O)COC(=O)c1cnn(-c2ccc(C(F)(F)F)cn2)c1C. The van der Waals surface area contributed by atoms with Crippen molar-refractivity contribution >= 4 is 17.6 Å². The number of alkyl halides is 3. The Kier molecular flexibility index (Phi) is 6.61. The number of amides is 1. The Morgan fingerprint density at radius 1 is 1.12 bits per heavy atom. The monoisotopic (exact) mass is 446 g/mol. The fourth-order valence-electron chi connectivity index (χ4n) is 3.11. The molecule has 2 aromatic heterocycles. The summed E-state index contributed by atoms with van der Waals surface area (Å²) in [4.78, 5) is 28.5. The molecule has 3 rings (SSSR count). The van der Waals surface area contributed by atoms with Crippen molar-refractivity contribution in [3.05, 3.63) is 70.7 Å². The van der Waals surface area contributed by atoms with Crippen molar-refractivity contribution in [2.24, 2.45) is 0 Å². The second-order valence-corrected chi connectivity index (χ2v) is 7.05. The van der Waals surface area contributed by atoms with E-state index in [1.807, 2.05) is 32.0 Å². The third kappa shape index (κ3) is 4.96. The number of anilines is 1. The first kappa shape index (κ1) is 23.0. The van der Waals surface area contributed by atoms with Gasteiger partial charge in [0.1, 0.15) is 5.56 Å². The molecule has 0 spiro atoms. The van der Waals surface area contributed by atoms with Crippen molar-refractivity contribution in [2.45, 2.75) is 33.4 Å². The number of para-hydroxylation sites is 1. The average Bonchev–Trinajstić information content (AvgIpc) is 3.14. The largest absolute Gasteiger partial charge is 0.452 e. The zero-order valence-corrected chi connectivity index (χ0v) is 17.7. The fourth-order valence-corrected chi connectivity index (χ4v) is 3.11. The number of halogens is 3. The van der Waals surface area contributed by atoms with E-state index >= 15 is 0 Å². The summed E-state index contributed by atoms with van der Waals surface area (Å²) in [5.41, 5.74) is 2.04. The van der Waals surface area contributed by atoms with Gasteiger partial charge >= 0.3 is 12.1 Å². The normalized spacial score (nSPS) is 11.3. The second-order valence-electron chi connectivity index (χ2n) is 7.05. The molecule has 0 radical (unpaired) electrons. The third-order valence-corrected chi connectivity index (χ3v) is 4.86. The zero-order chi connectivity index (χ0) is 23.5. The van der Waals surface area contributed by atoms with Crippen LogP contribution in [-0.4, -0.2) is 33.2 Å². The van der Waals surface area contributed by atoms with Crippen LogP contribution in [0.25, 0.3) is 5.82 Å². The third-order valence-electron chi connectivity index (χ3n) is 4.86. The van der Waals surface area contributed by atoms with Crippen LogP contribution < -0.4 is 5.32 Å². The highest BCUT2D eigenvalue weighted by Gasteiger charge is 2.31. The molecule has 0 saturated carbocycles. The van der Waals surface area contributed by atoms with Gasteiger partial charge in [-0.2, -0.15) is 18.3 Å². The Labute approximate surface area is 182 Å². The summed E-state index contributed by atoms with van der Waals surface area (Å²) in [6.07, 6.45) is -1.87. The maximum atomic E-state index is 12.7. The Morgan fingerprint density at radius 2 is 1.88 bits per heavy atom. The summed E-state index contributed by atoms with van der Waals surface area (Å²) >= 11 is 0. The lowest BCUT2D eigenvalue weighted by atomic mass is 10.1. The number of nitrogens with one attached hydrogen (secondary N) is 1. The minimum Gasteiger partial charge on any atom is -0.452 e. The zero-order valence-electron chi connectivity index (χ0n) is 17.7. The molecule has 0 aliphatic rings. The highest BCUT2D eigenvalue weighted by molar-refractivity contribution is 5.96. The molecule has 168 valence electrons. The molecule has 3 aromatic rings. The van der Waals surface area contributed by atoms with Gasteiger partial charge in [-0.15, -0.1) is 0 Å². The molecule has 1 amide bonds. The molecule has 1 aromatic carbocycles. The van der Waals surface area contributed by atoms with Crippen LogP contribution in [-0.2, 0) is 22.1 Å². The van der Waals surface area contributed by atoms with Gasteiger partial charge in [0.05, 0.1) is 17.5 Å². The molecule has 1 N–H and O–H groups in total. The molecule has 32 heavy (non-hydrogen) atoms. The lowest BCUT2D eigenvalue weighted by molar-refractivity contribution is -0.137. The van der Waals surface area contributed by atoms with E-state index in [0.29, 0.717) is 17.6 Å². The minimum atomic E-state index is -4.50. The summed E-state index contributed by atoms with van der Waals surface area (Å²) in [7, 11) is 0. The molecule has 0 aliphatic heterocycles. The molecule has 0 saturated heterocycles. The van der Waals surface area contributed by atoms with Crippen LogP contribution in [0.5, 0.6) is 0 Å². The molecule has 0 aliphatic carbocycles. The summed E-state index contributed by atoms with van der Waals surface area (Å²) in [6.45, 7) is 4.88. The van der Waals surface area contributed by atoms with Gasteiger partial charge in [-0.25, -0.2) is 14.5 Å². The minimum absolute atomic E-state index is 0.0737. The van der Waals surface area contributed by atoms with Crippen LogP contribution in [0.3, 0.4) is 0 Å². The lowest BCUT2D eigenvalue weighted by Gasteiger charge is -2.13. The maximum Gasteiger partial charge on any atom is 0.417 e. The van der Waals surface area contributed by atoms with Crippen molar-refractivity contribution in [3.63, 3.8) is 0 Å². The number of esters is 1. The number of rotatable bonds is 6. The Morgan fingerprint density at radius 3 is 2.50 bits per heavy atom. The average molecular weight is 446 g/mol. The Hall–Kier alpha value is -3.69. The smallest absolute Gasteiger partial charge is 0.417 e. The molecular weight excluding hydrogens is 425 g/mol. The van der Waals surface area contributed by atoms with Crippen LogP contribution in [0.15, 0.2) is 42.7 Å². The predicted octanol–water partition coefficient (Wildman–Crippen LogP) is 4.26. The van der Waals surface area contributed by atoms with Crippen LogP contribution in [0, 0.1) is 13.8 Å². The van der Waals surface area contributed by atoms with E-state index in [2.05, 4.69) is 15.4 Å². The summed E-state index contributed by atoms with van der Waals surface area (Å²) in [5.74, 6) is -1.16. The predicted molar refractivity (Wildman–Crippen MR) is 111 cm³/mol. The molecule has 10 heteroatoms. The van der Waals surface area contributed by atoms with Crippen molar-refractivity contribution in [1.82, 2.24) is 14.8 Å². The first-order valence-electron chi connectivity index (χ1n) is 9.75. The van der Waals surface area contributed by atoms with Gasteiger partial charge in [-0.1, -0.05) is 25.1 Å². The van der Waals surface area contributed by atoms with Crippen molar-refractivity contribution in [2.75, 3.05) is 11.9 Å². The number of ether oxygens (including phenoxy) is 1. The molecular formula is C22H21F3N4O3. The van der Waals surface area contributed by atoms with E-state index < -0.39 is 30.2 Å². The number of pyridine rings is 1. The number of benzene rings is 1. The summed E-state index contributed by atoms with van der Waals surface area (Å²) < 4.78 is 44.4. The van der Waals surface area contributed by atoms with E-state index in [1.165, 1.54) is 10.9 Å². The molecule has 2 heterocycles. The van der Waals surface area contributed by atoms with Gasteiger partial charge in [-0.3, -0.25) is 4.79 Å². The van der Waals surface area contributed by atoms with E-state index in [9.17, 15) is 22.8 Å². The molecule has 0 fully saturated rings. The Bertz CT molecular complexity index is 1140. The van der Waals surface area contributed by atoms with Crippen LogP contribution in [0.4, 0.5) is 18.9 Å². The number of hydrogen-bond acceptors (Lipinski definition) is 5. The van der Waals surface area contributed by atoms with Crippen LogP contribution in [0.2, 0.25) is 0 Å². The first-order chi connectivity index (χ1) is 15.1. The topological polar surface area (TPSA) is 86.1 Å². The van der Waals surface area contributed by atoms with E-state index in [0.717, 1.165) is 29.7 Å². The van der Waals surface area contributed by atoms with Gasteiger partial charge in [0.15, 0.2) is 12.4 Å². The van der Waals surface area contributed by atoms with Gasteiger partial charge in [0.2, 0.25) is 0 Å². The number of aryl methyl sites for hydroxylation is 2. The van der Waals surface area contributed by atoms with Crippen molar-refractivity contribution in [1.29, 1.82) is 0 Å². The standard InChI is InChI=1S/C22H21F3N4O3/c1-4-15-7-5-6-13(2)20(15)28-19(30)12-32-21(31)17-11-27-29(14(17)3)18-9-8-16(10-26-18)22(23,24)25/h5-11H,4,12H2,1-3H3,(H,28,30). The molecule has 0 bridgehead atoms. The number of aromatic nitrogens is 3. The Balaban J connectivity index is 1.67. The fraction of sp³-hybridized carbons (Fsp3) is 0.273. The second kappa shape index (κ2) is 9.21. The van der Waals surface area contributed by atoms with Crippen LogP contribution in [0.1, 0.15) is 39.7 Å². The number of hydrogen-bond donors (Lipinski definition) is 1. The van der Waals surface area contributed by atoms with Gasteiger partial charge in [0, 0.05) is 11.9 Å². The van der Waals surface area contributed by atoms with Crippen LogP contribution >= 0.6 is 0 Å². The maximum absolute atomic E-state index is 12.7. The van der Waals surface area contributed by atoms with E-state index in [-0.39, 0.29) is 11.4 Å². The summed E-state index contributed by atoms with van der Waals surface area (Å²) in [5, 5.41) is 6.76. The molecule has 7 nitrogen and oxygen atoms in total. The van der Waals surface area contributed by atoms with Gasteiger partial charge in [-0.05, 0) is 43.5 Å². The molecule has 0 unspecified atom stereocenters. The summed E-state index contributed by atoms with van der Waals surface area (Å²) in [6, 6.07) is 7.70.